The second-order valence-electron chi connectivity index (χ2n) is 6.97. The van der Waals surface area contributed by atoms with Crippen molar-refractivity contribution in [2.75, 3.05) is 25.1 Å². The summed E-state index contributed by atoms with van der Waals surface area (Å²) < 4.78 is 17.0. The van der Waals surface area contributed by atoms with Gasteiger partial charge in [0.15, 0.2) is 18.1 Å². The fraction of sp³-hybridized carbons (Fsp3) is 0.240. The summed E-state index contributed by atoms with van der Waals surface area (Å²) in [6.07, 6.45) is 3.44. The third-order valence-electron chi connectivity index (χ3n) is 4.48. The van der Waals surface area contributed by atoms with Crippen molar-refractivity contribution in [3.8, 4) is 17.2 Å². The van der Waals surface area contributed by atoms with E-state index >= 15 is 0 Å². The van der Waals surface area contributed by atoms with Crippen LogP contribution in [0, 0.1) is 0 Å². The number of hydrogen-bond donors (Lipinski definition) is 2. The fourth-order valence-electron chi connectivity index (χ4n) is 2.92. The monoisotopic (exact) mass is 449 g/mol. The van der Waals surface area contributed by atoms with Crippen molar-refractivity contribution in [3.63, 3.8) is 0 Å². The molecule has 1 aromatic heterocycles. The molecule has 0 radical (unpaired) electrons. The zero-order valence-corrected chi connectivity index (χ0v) is 18.7. The van der Waals surface area contributed by atoms with Crippen molar-refractivity contribution in [1.82, 2.24) is 10.3 Å². The third-order valence-corrected chi connectivity index (χ3v) is 4.48. The summed E-state index contributed by atoms with van der Waals surface area (Å²) in [6, 6.07) is 15.6. The zero-order chi connectivity index (χ0) is 23.5. The number of hydrogen-bond acceptors (Lipinski definition) is 6. The number of aromatic nitrogens is 1. The molecule has 0 aliphatic heterocycles. The lowest BCUT2D eigenvalue weighted by molar-refractivity contribution is -0.122. The maximum Gasteiger partial charge on any atom is 0.257 e. The first-order valence-corrected chi connectivity index (χ1v) is 10.7. The highest BCUT2D eigenvalue weighted by Crippen LogP contribution is 2.29. The van der Waals surface area contributed by atoms with E-state index in [4.69, 9.17) is 14.2 Å². The summed E-state index contributed by atoms with van der Waals surface area (Å²) in [5.74, 6) is 1.10. The lowest BCUT2D eigenvalue weighted by Crippen LogP contribution is -2.28. The molecule has 0 spiro atoms. The van der Waals surface area contributed by atoms with Gasteiger partial charge in [0, 0.05) is 35.8 Å². The molecule has 0 bridgehead atoms. The molecule has 3 aromatic rings. The minimum absolute atomic E-state index is 0.0606. The molecular formula is C25H27N3O5. The van der Waals surface area contributed by atoms with Crippen LogP contribution in [0.15, 0.2) is 67.0 Å². The van der Waals surface area contributed by atoms with Gasteiger partial charge < -0.3 is 24.8 Å². The van der Waals surface area contributed by atoms with Crippen LogP contribution in [0.4, 0.5) is 5.69 Å². The van der Waals surface area contributed by atoms with Gasteiger partial charge in [0.25, 0.3) is 11.8 Å². The number of carbonyl (C=O) groups excluding carboxylic acids is 2. The Bertz CT molecular complexity index is 1060. The standard InChI is InChI=1S/C25H27N3O5/c1-3-27-24(29)17-32-21-10-8-20(9-11-21)28-25(30)19-7-12-22(23(14-19)31-4-2)33-16-18-6-5-13-26-15-18/h5-15H,3-4,16-17H2,1-2H3,(H,27,29)(H,28,30). The Morgan fingerprint density at radius 3 is 2.45 bits per heavy atom. The average molecular weight is 450 g/mol. The molecule has 0 atom stereocenters. The van der Waals surface area contributed by atoms with Crippen molar-refractivity contribution in [2.45, 2.75) is 20.5 Å². The van der Waals surface area contributed by atoms with Crippen LogP contribution in [0.1, 0.15) is 29.8 Å². The Morgan fingerprint density at radius 1 is 0.939 bits per heavy atom. The molecule has 8 nitrogen and oxygen atoms in total. The van der Waals surface area contributed by atoms with Crippen LogP contribution >= 0.6 is 0 Å². The number of benzene rings is 2. The maximum absolute atomic E-state index is 12.7. The molecule has 2 aromatic carbocycles. The van der Waals surface area contributed by atoms with Crippen LogP contribution in [0.25, 0.3) is 0 Å². The number of carbonyl (C=O) groups is 2. The Kier molecular flexibility index (Phi) is 8.64. The van der Waals surface area contributed by atoms with E-state index in [-0.39, 0.29) is 18.4 Å². The molecule has 0 saturated heterocycles. The Hall–Kier alpha value is -4.07. The van der Waals surface area contributed by atoms with Gasteiger partial charge in [-0.1, -0.05) is 6.07 Å². The van der Waals surface area contributed by atoms with Crippen molar-refractivity contribution in [3.05, 3.63) is 78.1 Å². The minimum Gasteiger partial charge on any atom is -0.490 e. The summed E-state index contributed by atoms with van der Waals surface area (Å²) in [5.41, 5.74) is 1.96. The van der Waals surface area contributed by atoms with Crippen molar-refractivity contribution >= 4 is 17.5 Å². The average Bonchev–Trinajstić information content (AvgIpc) is 2.84. The number of nitrogens with zero attached hydrogens (tertiary/aromatic N) is 1. The normalized spacial score (nSPS) is 10.2. The third kappa shape index (κ3) is 7.24. The summed E-state index contributed by atoms with van der Waals surface area (Å²) in [6.45, 7) is 4.98. The topological polar surface area (TPSA) is 98.8 Å². The molecule has 1 heterocycles. The van der Waals surface area contributed by atoms with Gasteiger partial charge in [-0.3, -0.25) is 14.6 Å². The van der Waals surface area contributed by atoms with Crippen molar-refractivity contribution in [2.24, 2.45) is 0 Å². The van der Waals surface area contributed by atoms with Crippen LogP contribution in [-0.4, -0.2) is 36.6 Å². The van der Waals surface area contributed by atoms with Crippen LogP contribution in [0.3, 0.4) is 0 Å². The second-order valence-corrected chi connectivity index (χ2v) is 6.97. The summed E-state index contributed by atoms with van der Waals surface area (Å²) in [7, 11) is 0. The van der Waals surface area contributed by atoms with Gasteiger partial charge in [-0.15, -0.1) is 0 Å². The quantitative estimate of drug-likeness (QED) is 0.462. The molecule has 0 saturated carbocycles. The van der Waals surface area contributed by atoms with Gasteiger partial charge >= 0.3 is 0 Å². The SMILES string of the molecule is CCNC(=O)COc1ccc(NC(=O)c2ccc(OCc3cccnc3)c(OCC)c2)cc1. The first-order chi connectivity index (χ1) is 16.1. The van der Waals surface area contributed by atoms with Gasteiger partial charge in [0.1, 0.15) is 12.4 Å². The summed E-state index contributed by atoms with van der Waals surface area (Å²) in [5, 5.41) is 5.50. The number of ether oxygens (including phenoxy) is 3. The van der Waals surface area contributed by atoms with E-state index in [1.54, 1.807) is 54.9 Å². The summed E-state index contributed by atoms with van der Waals surface area (Å²) in [4.78, 5) is 28.3. The van der Waals surface area contributed by atoms with Crippen LogP contribution in [0.2, 0.25) is 0 Å². The maximum atomic E-state index is 12.7. The second kappa shape index (κ2) is 12.1. The van der Waals surface area contributed by atoms with Gasteiger partial charge in [-0.25, -0.2) is 0 Å². The number of anilines is 1. The number of nitrogens with one attached hydrogen (secondary N) is 2. The number of pyridine rings is 1. The Balaban J connectivity index is 1.61. The highest BCUT2D eigenvalue weighted by Gasteiger charge is 2.13. The predicted molar refractivity (Wildman–Crippen MR) is 125 cm³/mol. The molecule has 0 aliphatic carbocycles. The zero-order valence-electron chi connectivity index (χ0n) is 18.7. The minimum atomic E-state index is -0.286. The van der Waals surface area contributed by atoms with E-state index in [9.17, 15) is 9.59 Å². The molecule has 172 valence electrons. The van der Waals surface area contributed by atoms with E-state index in [0.717, 1.165) is 5.56 Å². The first kappa shape index (κ1) is 23.6. The highest BCUT2D eigenvalue weighted by atomic mass is 16.5. The first-order valence-electron chi connectivity index (χ1n) is 10.7. The lowest BCUT2D eigenvalue weighted by Gasteiger charge is -2.14. The van der Waals surface area contributed by atoms with E-state index in [2.05, 4.69) is 15.6 Å². The number of amides is 2. The van der Waals surface area contributed by atoms with E-state index in [0.29, 0.717) is 48.3 Å². The molecule has 0 aliphatic rings. The Morgan fingerprint density at radius 2 is 1.76 bits per heavy atom. The largest absolute Gasteiger partial charge is 0.490 e. The molecule has 2 amide bonds. The smallest absolute Gasteiger partial charge is 0.257 e. The van der Waals surface area contributed by atoms with E-state index in [1.165, 1.54) is 0 Å². The van der Waals surface area contributed by atoms with Crippen molar-refractivity contribution in [1.29, 1.82) is 0 Å². The fourth-order valence-corrected chi connectivity index (χ4v) is 2.92. The van der Waals surface area contributed by atoms with Crippen molar-refractivity contribution < 1.29 is 23.8 Å². The summed E-state index contributed by atoms with van der Waals surface area (Å²) >= 11 is 0. The lowest BCUT2D eigenvalue weighted by atomic mass is 10.1. The number of rotatable bonds is 11. The molecule has 3 rings (SSSR count). The van der Waals surface area contributed by atoms with Crippen LogP contribution in [0.5, 0.6) is 17.2 Å². The van der Waals surface area contributed by atoms with Gasteiger partial charge in [-0.2, -0.15) is 0 Å². The highest BCUT2D eigenvalue weighted by molar-refractivity contribution is 6.04. The van der Waals surface area contributed by atoms with Gasteiger partial charge in [0.05, 0.1) is 6.61 Å². The molecule has 8 heteroatoms. The number of likely N-dealkylation sites (N-methyl/N-ethyl adjacent to an activating group) is 1. The van der Waals surface area contributed by atoms with Crippen LogP contribution < -0.4 is 24.8 Å². The Labute approximate surface area is 192 Å². The van der Waals surface area contributed by atoms with Crippen LogP contribution in [-0.2, 0) is 11.4 Å². The van der Waals surface area contributed by atoms with Gasteiger partial charge in [0.2, 0.25) is 0 Å². The van der Waals surface area contributed by atoms with Gasteiger partial charge in [-0.05, 0) is 62.4 Å². The molecule has 0 fully saturated rings. The molecule has 0 unspecified atom stereocenters. The van der Waals surface area contributed by atoms with E-state index < -0.39 is 0 Å². The van der Waals surface area contributed by atoms with E-state index in [1.807, 2.05) is 26.0 Å². The molecule has 33 heavy (non-hydrogen) atoms. The molecular weight excluding hydrogens is 422 g/mol. The molecule has 2 N–H and O–H groups in total. The predicted octanol–water partition coefficient (Wildman–Crippen LogP) is 3.83.